The summed E-state index contributed by atoms with van der Waals surface area (Å²) in [5.41, 5.74) is -0.0492. The number of amides is 1. The van der Waals surface area contributed by atoms with E-state index in [0.717, 1.165) is 18.9 Å². The predicted molar refractivity (Wildman–Crippen MR) is 94.4 cm³/mol. The van der Waals surface area contributed by atoms with Gasteiger partial charge in [-0.2, -0.15) is 8.78 Å². The van der Waals surface area contributed by atoms with Gasteiger partial charge in [-0.25, -0.2) is 8.78 Å². The van der Waals surface area contributed by atoms with E-state index in [1.54, 1.807) is 30.3 Å². The van der Waals surface area contributed by atoms with Crippen LogP contribution < -0.4 is 4.74 Å². The van der Waals surface area contributed by atoms with Gasteiger partial charge >= 0.3 is 6.61 Å². The van der Waals surface area contributed by atoms with Gasteiger partial charge in [-0.15, -0.1) is 0 Å². The number of hydrogen-bond acceptors (Lipinski definition) is 4. The lowest BCUT2D eigenvalue weighted by atomic mass is 9.90. The van der Waals surface area contributed by atoms with Crippen LogP contribution in [0.2, 0.25) is 0 Å². The van der Waals surface area contributed by atoms with E-state index in [2.05, 4.69) is 15.1 Å². The standard InChI is InChI=1S/C20H18F4N2O3/c21-16-8-9-17(29-20(23)24)15(18(16)22)10-14(13-4-2-1-3-5-13)19(27)25-26-28-11-12-6-7-12/h1-5,8-9,12,14,20H,6-7,10-11H2/b26-25-. The lowest BCUT2D eigenvalue weighted by molar-refractivity contribution is -0.120. The van der Waals surface area contributed by atoms with Gasteiger partial charge in [0.15, 0.2) is 11.6 Å². The molecule has 0 aliphatic heterocycles. The highest BCUT2D eigenvalue weighted by Crippen LogP contribution is 2.32. The van der Waals surface area contributed by atoms with E-state index in [1.807, 2.05) is 0 Å². The molecule has 1 aliphatic rings. The number of nitrogens with zero attached hydrogens (tertiary/aromatic N) is 2. The minimum atomic E-state index is -3.24. The number of rotatable bonds is 9. The van der Waals surface area contributed by atoms with E-state index in [0.29, 0.717) is 24.2 Å². The summed E-state index contributed by atoms with van der Waals surface area (Å²) in [4.78, 5) is 17.6. The molecule has 2 aromatic carbocycles. The molecule has 29 heavy (non-hydrogen) atoms. The third-order valence-corrected chi connectivity index (χ3v) is 4.48. The summed E-state index contributed by atoms with van der Waals surface area (Å²) in [5, 5.41) is 6.90. The van der Waals surface area contributed by atoms with E-state index < -0.39 is 47.8 Å². The molecule has 3 rings (SSSR count). The van der Waals surface area contributed by atoms with Crippen LogP contribution in [0.25, 0.3) is 0 Å². The molecule has 0 bridgehead atoms. The first-order valence-electron chi connectivity index (χ1n) is 8.99. The van der Waals surface area contributed by atoms with Crippen molar-refractivity contribution in [3.63, 3.8) is 0 Å². The zero-order valence-electron chi connectivity index (χ0n) is 15.2. The number of halogens is 4. The van der Waals surface area contributed by atoms with Crippen LogP contribution in [0.3, 0.4) is 0 Å². The molecule has 0 aromatic heterocycles. The van der Waals surface area contributed by atoms with Crippen molar-refractivity contribution >= 4 is 5.91 Å². The number of carbonyl (C=O) groups excluding carboxylic acids is 1. The van der Waals surface area contributed by atoms with Gasteiger partial charge in [0.1, 0.15) is 12.4 Å². The Kier molecular flexibility index (Phi) is 6.79. The van der Waals surface area contributed by atoms with Crippen molar-refractivity contribution in [3.05, 3.63) is 65.2 Å². The fourth-order valence-corrected chi connectivity index (χ4v) is 2.77. The van der Waals surface area contributed by atoms with Crippen molar-refractivity contribution in [2.24, 2.45) is 16.3 Å². The highest BCUT2D eigenvalue weighted by atomic mass is 19.3. The first-order valence-corrected chi connectivity index (χ1v) is 8.99. The van der Waals surface area contributed by atoms with Gasteiger partial charge in [-0.05, 0) is 42.9 Å². The second-order valence-corrected chi connectivity index (χ2v) is 6.64. The number of ether oxygens (including phenoxy) is 1. The Hall–Kier alpha value is -2.97. The summed E-state index contributed by atoms with van der Waals surface area (Å²) >= 11 is 0. The van der Waals surface area contributed by atoms with Crippen LogP contribution in [0.4, 0.5) is 17.6 Å². The van der Waals surface area contributed by atoms with E-state index in [9.17, 15) is 22.4 Å². The molecule has 1 amide bonds. The fourth-order valence-electron chi connectivity index (χ4n) is 2.77. The second kappa shape index (κ2) is 9.49. The van der Waals surface area contributed by atoms with Crippen LogP contribution in [0.5, 0.6) is 5.75 Å². The van der Waals surface area contributed by atoms with Crippen molar-refractivity contribution in [1.82, 2.24) is 0 Å². The summed E-state index contributed by atoms with van der Waals surface area (Å²) in [5.74, 6) is -4.62. The third kappa shape index (κ3) is 5.75. The monoisotopic (exact) mass is 410 g/mol. The van der Waals surface area contributed by atoms with Crippen LogP contribution in [-0.2, 0) is 16.1 Å². The van der Waals surface area contributed by atoms with Crippen LogP contribution in [0, 0.1) is 17.6 Å². The van der Waals surface area contributed by atoms with Crippen molar-refractivity contribution in [2.45, 2.75) is 31.8 Å². The Balaban J connectivity index is 1.87. The number of alkyl halides is 2. The maximum atomic E-state index is 14.4. The van der Waals surface area contributed by atoms with Gasteiger partial charge in [-0.3, -0.25) is 4.79 Å². The number of hydrogen-bond donors (Lipinski definition) is 0. The summed E-state index contributed by atoms with van der Waals surface area (Å²) in [6.07, 6.45) is 1.61. The van der Waals surface area contributed by atoms with Crippen molar-refractivity contribution in [1.29, 1.82) is 0 Å². The Bertz CT molecular complexity index is 874. The van der Waals surface area contributed by atoms with E-state index in [-0.39, 0.29) is 0 Å². The molecule has 0 N–H and O–H groups in total. The summed E-state index contributed by atoms with van der Waals surface area (Å²) < 4.78 is 57.7. The molecule has 1 saturated carbocycles. The molecule has 1 aliphatic carbocycles. The van der Waals surface area contributed by atoms with Gasteiger partial charge in [0.2, 0.25) is 0 Å². The topological polar surface area (TPSA) is 60.2 Å². The minimum absolute atomic E-state index is 0.345. The van der Waals surface area contributed by atoms with Gasteiger partial charge in [-0.1, -0.05) is 35.4 Å². The molecule has 1 atom stereocenters. The molecular formula is C20H18F4N2O3. The van der Waals surface area contributed by atoms with Crippen LogP contribution in [-0.4, -0.2) is 19.1 Å². The number of carbonyl (C=O) groups is 1. The molecule has 0 spiro atoms. The smallest absolute Gasteiger partial charge is 0.387 e. The molecule has 2 aromatic rings. The van der Waals surface area contributed by atoms with Crippen molar-refractivity contribution in [3.8, 4) is 5.75 Å². The SMILES string of the molecule is O=C(/N=N\OCC1CC1)C(Cc1c(OC(F)F)ccc(F)c1F)c1ccccc1. The molecule has 9 heteroatoms. The molecule has 5 nitrogen and oxygen atoms in total. The molecule has 154 valence electrons. The Labute approximate surface area is 164 Å². The highest BCUT2D eigenvalue weighted by Gasteiger charge is 2.27. The third-order valence-electron chi connectivity index (χ3n) is 4.48. The van der Waals surface area contributed by atoms with E-state index >= 15 is 0 Å². The van der Waals surface area contributed by atoms with Crippen molar-refractivity contribution in [2.75, 3.05) is 6.61 Å². The minimum Gasteiger partial charge on any atom is -0.434 e. The molecular weight excluding hydrogens is 392 g/mol. The fraction of sp³-hybridized carbons (Fsp3) is 0.350. The molecule has 0 saturated heterocycles. The second-order valence-electron chi connectivity index (χ2n) is 6.64. The number of benzene rings is 2. The maximum absolute atomic E-state index is 14.4. The molecule has 1 fully saturated rings. The lowest BCUT2D eigenvalue weighted by Gasteiger charge is -2.17. The zero-order chi connectivity index (χ0) is 20.8. The average Bonchev–Trinajstić information content (AvgIpc) is 3.52. The quantitative estimate of drug-likeness (QED) is 0.324. The van der Waals surface area contributed by atoms with Crippen LogP contribution >= 0.6 is 0 Å². The summed E-state index contributed by atoms with van der Waals surface area (Å²) in [7, 11) is 0. The first-order chi connectivity index (χ1) is 14.0. The molecule has 0 heterocycles. The van der Waals surface area contributed by atoms with E-state index in [4.69, 9.17) is 4.84 Å². The Morgan fingerprint density at radius 1 is 1.10 bits per heavy atom. The summed E-state index contributed by atoms with van der Waals surface area (Å²) in [6.45, 7) is -2.89. The molecule has 1 unspecified atom stereocenters. The largest absolute Gasteiger partial charge is 0.434 e. The van der Waals surface area contributed by atoms with Gasteiger partial charge in [0.05, 0.1) is 5.92 Å². The average molecular weight is 410 g/mol. The Morgan fingerprint density at radius 3 is 2.48 bits per heavy atom. The summed E-state index contributed by atoms with van der Waals surface area (Å²) in [6, 6.07) is 9.76. The van der Waals surface area contributed by atoms with Gasteiger partial charge in [0.25, 0.3) is 5.91 Å². The van der Waals surface area contributed by atoms with Crippen LogP contribution in [0.1, 0.15) is 29.9 Å². The highest BCUT2D eigenvalue weighted by molar-refractivity contribution is 5.84. The van der Waals surface area contributed by atoms with Gasteiger partial charge in [0, 0.05) is 10.8 Å². The maximum Gasteiger partial charge on any atom is 0.387 e. The molecule has 0 radical (unpaired) electrons. The normalized spacial score (nSPS) is 14.9. The zero-order valence-corrected chi connectivity index (χ0v) is 15.2. The van der Waals surface area contributed by atoms with Gasteiger partial charge < -0.3 is 9.57 Å². The predicted octanol–water partition coefficient (Wildman–Crippen LogP) is 5.21. The van der Waals surface area contributed by atoms with Crippen molar-refractivity contribution < 1.29 is 31.9 Å². The lowest BCUT2D eigenvalue weighted by Crippen LogP contribution is -2.16. The van der Waals surface area contributed by atoms with E-state index in [1.165, 1.54) is 0 Å². The first kappa shape index (κ1) is 20.8. The van der Waals surface area contributed by atoms with Crippen LogP contribution in [0.15, 0.2) is 52.9 Å². The Morgan fingerprint density at radius 2 is 1.83 bits per heavy atom.